The van der Waals surface area contributed by atoms with E-state index in [0.717, 1.165) is 6.04 Å². The minimum Gasteiger partial charge on any atom is -0.328 e. The van der Waals surface area contributed by atoms with Crippen molar-refractivity contribution in [1.29, 1.82) is 0 Å². The zero-order valence-electron chi connectivity index (χ0n) is 9.55. The van der Waals surface area contributed by atoms with Crippen molar-refractivity contribution in [3.8, 4) is 0 Å². The molecule has 1 unspecified atom stereocenters. The molecule has 0 saturated heterocycles. The first-order chi connectivity index (χ1) is 6.58. The quantitative estimate of drug-likeness (QED) is 0.709. The highest BCUT2D eigenvalue weighted by Gasteiger charge is 2.36. The maximum atomic E-state index is 5.80. The highest BCUT2D eigenvalue weighted by molar-refractivity contribution is 4.95. The molecule has 2 aliphatic carbocycles. The zero-order chi connectivity index (χ0) is 10.2. The van der Waals surface area contributed by atoms with Gasteiger partial charge in [-0.3, -0.25) is 0 Å². The molecule has 0 bridgehead atoms. The Balaban J connectivity index is 1.83. The van der Waals surface area contributed by atoms with Gasteiger partial charge in [-0.15, -0.1) is 0 Å². The molecule has 82 valence electrons. The Morgan fingerprint density at radius 3 is 2.50 bits per heavy atom. The summed E-state index contributed by atoms with van der Waals surface area (Å²) in [5, 5.41) is 3.80. The minimum absolute atomic E-state index is 0.471. The third kappa shape index (κ3) is 2.12. The summed E-state index contributed by atoms with van der Waals surface area (Å²) in [5.41, 5.74) is 6.30. The Morgan fingerprint density at radius 2 is 1.93 bits per heavy atom. The molecular weight excluding hydrogens is 172 g/mol. The van der Waals surface area contributed by atoms with Gasteiger partial charge < -0.3 is 11.1 Å². The van der Waals surface area contributed by atoms with E-state index in [2.05, 4.69) is 19.2 Å². The zero-order valence-corrected chi connectivity index (χ0v) is 9.55. The minimum atomic E-state index is 0.471. The van der Waals surface area contributed by atoms with Crippen LogP contribution in [-0.4, -0.2) is 18.1 Å². The molecule has 1 atom stereocenters. The van der Waals surface area contributed by atoms with Crippen LogP contribution in [0.1, 0.15) is 52.4 Å². The van der Waals surface area contributed by atoms with Gasteiger partial charge in [0, 0.05) is 18.1 Å². The summed E-state index contributed by atoms with van der Waals surface area (Å²) in [6.45, 7) is 4.81. The molecule has 0 aromatic carbocycles. The summed E-state index contributed by atoms with van der Waals surface area (Å²) in [5.74, 6) is 0. The van der Waals surface area contributed by atoms with Crippen molar-refractivity contribution in [2.45, 2.75) is 70.5 Å². The number of nitrogens with two attached hydrogens (primary N) is 1. The molecule has 0 spiro atoms. The van der Waals surface area contributed by atoms with Gasteiger partial charge in [-0.25, -0.2) is 0 Å². The molecule has 0 radical (unpaired) electrons. The van der Waals surface area contributed by atoms with Crippen molar-refractivity contribution in [2.24, 2.45) is 11.1 Å². The van der Waals surface area contributed by atoms with Crippen LogP contribution in [0.25, 0.3) is 0 Å². The first kappa shape index (κ1) is 10.4. The van der Waals surface area contributed by atoms with E-state index in [-0.39, 0.29) is 0 Å². The van der Waals surface area contributed by atoms with E-state index in [4.69, 9.17) is 5.73 Å². The van der Waals surface area contributed by atoms with Gasteiger partial charge in [-0.2, -0.15) is 0 Å². The second kappa shape index (κ2) is 3.82. The normalized spacial score (nSPS) is 41.8. The summed E-state index contributed by atoms with van der Waals surface area (Å²) in [6.07, 6.45) is 7.93. The topological polar surface area (TPSA) is 38.0 Å². The van der Waals surface area contributed by atoms with E-state index >= 15 is 0 Å². The lowest BCUT2D eigenvalue weighted by atomic mass is 9.72. The SMILES string of the molecule is CC1(C)CCCCC1NC1CC(N)C1. The number of nitrogens with one attached hydrogen (secondary N) is 1. The molecule has 0 aliphatic heterocycles. The molecule has 0 aromatic heterocycles. The van der Waals surface area contributed by atoms with Crippen molar-refractivity contribution in [2.75, 3.05) is 0 Å². The monoisotopic (exact) mass is 196 g/mol. The molecule has 14 heavy (non-hydrogen) atoms. The Bertz CT molecular complexity index is 194. The molecule has 3 N–H and O–H groups in total. The van der Waals surface area contributed by atoms with Gasteiger partial charge in [0.25, 0.3) is 0 Å². The van der Waals surface area contributed by atoms with Gasteiger partial charge in [0.15, 0.2) is 0 Å². The van der Waals surface area contributed by atoms with Gasteiger partial charge in [-0.05, 0) is 31.1 Å². The number of rotatable bonds is 2. The molecule has 2 fully saturated rings. The number of hydrogen-bond donors (Lipinski definition) is 2. The third-order valence-corrected chi connectivity index (χ3v) is 4.12. The van der Waals surface area contributed by atoms with Crippen LogP contribution in [0.4, 0.5) is 0 Å². The Morgan fingerprint density at radius 1 is 1.21 bits per heavy atom. The molecule has 2 heteroatoms. The van der Waals surface area contributed by atoms with Crippen molar-refractivity contribution >= 4 is 0 Å². The fourth-order valence-corrected chi connectivity index (χ4v) is 2.89. The van der Waals surface area contributed by atoms with Gasteiger partial charge in [0.05, 0.1) is 0 Å². The molecular formula is C12H24N2. The summed E-state index contributed by atoms with van der Waals surface area (Å²) in [7, 11) is 0. The summed E-state index contributed by atoms with van der Waals surface area (Å²) in [4.78, 5) is 0. The van der Waals surface area contributed by atoms with E-state index in [1.165, 1.54) is 38.5 Å². The smallest absolute Gasteiger partial charge is 0.0121 e. The van der Waals surface area contributed by atoms with E-state index in [9.17, 15) is 0 Å². The molecule has 2 saturated carbocycles. The average molecular weight is 196 g/mol. The van der Waals surface area contributed by atoms with Gasteiger partial charge in [0.1, 0.15) is 0 Å². The van der Waals surface area contributed by atoms with Crippen LogP contribution in [0.2, 0.25) is 0 Å². The lowest BCUT2D eigenvalue weighted by molar-refractivity contribution is 0.131. The highest BCUT2D eigenvalue weighted by atomic mass is 15.0. The van der Waals surface area contributed by atoms with Crippen molar-refractivity contribution in [3.63, 3.8) is 0 Å². The van der Waals surface area contributed by atoms with E-state index in [1.807, 2.05) is 0 Å². The van der Waals surface area contributed by atoms with Crippen LogP contribution in [0.15, 0.2) is 0 Å². The lowest BCUT2D eigenvalue weighted by Crippen LogP contribution is -2.55. The summed E-state index contributed by atoms with van der Waals surface area (Å²) in [6, 6.07) is 1.92. The summed E-state index contributed by atoms with van der Waals surface area (Å²) >= 11 is 0. The first-order valence-corrected chi connectivity index (χ1v) is 6.09. The van der Waals surface area contributed by atoms with Crippen LogP contribution < -0.4 is 11.1 Å². The standard InChI is InChI=1S/C12H24N2/c1-12(2)6-4-3-5-11(12)14-10-7-9(13)8-10/h9-11,14H,3-8,13H2,1-2H3. The maximum absolute atomic E-state index is 5.80. The molecule has 2 aliphatic rings. The maximum Gasteiger partial charge on any atom is 0.0121 e. The molecule has 2 nitrogen and oxygen atoms in total. The van der Waals surface area contributed by atoms with Crippen LogP contribution in [0.3, 0.4) is 0 Å². The van der Waals surface area contributed by atoms with E-state index < -0.39 is 0 Å². The first-order valence-electron chi connectivity index (χ1n) is 6.09. The lowest BCUT2D eigenvalue weighted by Gasteiger charge is -2.44. The molecule has 0 heterocycles. The van der Waals surface area contributed by atoms with Crippen LogP contribution in [-0.2, 0) is 0 Å². The fraction of sp³-hybridized carbons (Fsp3) is 1.00. The fourth-order valence-electron chi connectivity index (χ4n) is 2.89. The van der Waals surface area contributed by atoms with Crippen LogP contribution in [0, 0.1) is 5.41 Å². The van der Waals surface area contributed by atoms with Gasteiger partial charge in [-0.1, -0.05) is 26.7 Å². The predicted molar refractivity (Wildman–Crippen MR) is 60.2 cm³/mol. The van der Waals surface area contributed by atoms with Crippen LogP contribution in [0.5, 0.6) is 0 Å². The molecule has 0 aromatic rings. The van der Waals surface area contributed by atoms with E-state index in [0.29, 0.717) is 17.5 Å². The third-order valence-electron chi connectivity index (χ3n) is 4.12. The van der Waals surface area contributed by atoms with Crippen LogP contribution >= 0.6 is 0 Å². The average Bonchev–Trinajstić information content (AvgIpc) is 2.05. The number of hydrogen-bond acceptors (Lipinski definition) is 2. The Kier molecular flexibility index (Phi) is 2.85. The summed E-state index contributed by atoms with van der Waals surface area (Å²) < 4.78 is 0. The second-order valence-corrected chi connectivity index (χ2v) is 5.88. The van der Waals surface area contributed by atoms with Gasteiger partial charge >= 0.3 is 0 Å². The largest absolute Gasteiger partial charge is 0.328 e. The van der Waals surface area contributed by atoms with E-state index in [1.54, 1.807) is 0 Å². The second-order valence-electron chi connectivity index (χ2n) is 5.88. The molecule has 0 amide bonds. The van der Waals surface area contributed by atoms with Crippen molar-refractivity contribution in [1.82, 2.24) is 5.32 Å². The predicted octanol–water partition coefficient (Wildman–Crippen LogP) is 2.03. The van der Waals surface area contributed by atoms with Crippen molar-refractivity contribution < 1.29 is 0 Å². The molecule has 2 rings (SSSR count). The Hall–Kier alpha value is -0.0800. The van der Waals surface area contributed by atoms with Crippen molar-refractivity contribution in [3.05, 3.63) is 0 Å². The Labute approximate surface area is 87.6 Å². The van der Waals surface area contributed by atoms with Gasteiger partial charge in [0.2, 0.25) is 0 Å². The highest BCUT2D eigenvalue weighted by Crippen LogP contribution is 2.36.